The molecule has 2 nitrogen and oxygen atoms in total. The van der Waals surface area contributed by atoms with Gasteiger partial charge in [0.1, 0.15) is 0 Å². The molecule has 4 aliphatic rings. The summed E-state index contributed by atoms with van der Waals surface area (Å²) in [5.41, 5.74) is 7.76. The third-order valence-electron chi connectivity index (χ3n) is 8.60. The van der Waals surface area contributed by atoms with Gasteiger partial charge >= 0.3 is 0 Å². The van der Waals surface area contributed by atoms with Gasteiger partial charge < -0.3 is 11.1 Å². The van der Waals surface area contributed by atoms with Crippen LogP contribution in [0, 0.1) is 40.9 Å². The molecule has 21 heavy (non-hydrogen) atoms. The van der Waals surface area contributed by atoms with E-state index in [1.807, 2.05) is 0 Å². The van der Waals surface area contributed by atoms with Gasteiger partial charge in [-0.1, -0.05) is 20.3 Å². The summed E-state index contributed by atoms with van der Waals surface area (Å²) in [6, 6.07) is 0. The Labute approximate surface area is 130 Å². The van der Waals surface area contributed by atoms with Gasteiger partial charge in [-0.25, -0.2) is 0 Å². The summed E-state index contributed by atoms with van der Waals surface area (Å²) in [5, 5.41) is 3.39. The lowest BCUT2D eigenvalue weighted by molar-refractivity contribution is -0.0775. The van der Waals surface area contributed by atoms with Crippen molar-refractivity contribution >= 4 is 0 Å². The van der Waals surface area contributed by atoms with E-state index in [0.29, 0.717) is 5.41 Å². The van der Waals surface area contributed by atoms with E-state index in [9.17, 15) is 0 Å². The Morgan fingerprint density at radius 1 is 1.14 bits per heavy atom. The van der Waals surface area contributed by atoms with Crippen molar-refractivity contribution < 1.29 is 0 Å². The van der Waals surface area contributed by atoms with Crippen LogP contribution in [0.4, 0.5) is 0 Å². The molecule has 0 radical (unpaired) electrons. The Bertz CT molecular complexity index is 422. The lowest BCUT2D eigenvalue weighted by atomic mass is 9.46. The van der Waals surface area contributed by atoms with Crippen molar-refractivity contribution in [3.05, 3.63) is 0 Å². The van der Waals surface area contributed by atoms with Crippen molar-refractivity contribution in [3.8, 4) is 0 Å². The number of hydrogen-bond acceptors (Lipinski definition) is 2. The van der Waals surface area contributed by atoms with Crippen LogP contribution < -0.4 is 11.1 Å². The SMILES string of the molecule is CCC(C)C1CCC2C3CC4(CC12)CC(CNC)C4(N)C3. The number of fused-ring (bicyclic) bond motifs is 3. The van der Waals surface area contributed by atoms with E-state index in [1.165, 1.54) is 44.9 Å². The van der Waals surface area contributed by atoms with Crippen LogP contribution in [0.15, 0.2) is 0 Å². The molecule has 4 saturated carbocycles. The molecule has 120 valence electrons. The van der Waals surface area contributed by atoms with Crippen molar-refractivity contribution in [2.75, 3.05) is 13.6 Å². The first-order valence-electron chi connectivity index (χ1n) is 9.48. The maximum absolute atomic E-state index is 7.03. The smallest absolute Gasteiger partial charge is 0.0255 e. The normalized spacial score (nSPS) is 55.7. The van der Waals surface area contributed by atoms with Crippen LogP contribution in [-0.2, 0) is 0 Å². The van der Waals surface area contributed by atoms with Gasteiger partial charge in [0.05, 0.1) is 0 Å². The fourth-order valence-corrected chi connectivity index (χ4v) is 7.45. The minimum Gasteiger partial charge on any atom is -0.324 e. The Hall–Kier alpha value is -0.0800. The van der Waals surface area contributed by atoms with E-state index in [4.69, 9.17) is 5.73 Å². The number of nitrogens with two attached hydrogens (primary N) is 1. The Morgan fingerprint density at radius 3 is 2.67 bits per heavy atom. The summed E-state index contributed by atoms with van der Waals surface area (Å²) in [4.78, 5) is 0. The maximum atomic E-state index is 7.03. The van der Waals surface area contributed by atoms with E-state index in [1.54, 1.807) is 0 Å². The third kappa shape index (κ3) is 1.72. The standard InChI is InChI=1S/C19H34N2/c1-4-12(2)15-5-6-16-13-7-18(10-17(15)16)9-14(11-21-3)19(18,20)8-13/h12-17,21H,4-11,20H2,1-3H3. The Balaban J connectivity index is 1.58. The van der Waals surface area contributed by atoms with Crippen LogP contribution in [0.25, 0.3) is 0 Å². The van der Waals surface area contributed by atoms with Crippen LogP contribution >= 0.6 is 0 Å². The summed E-state index contributed by atoms with van der Waals surface area (Å²) < 4.78 is 0. The van der Waals surface area contributed by atoms with Gasteiger partial charge in [0.25, 0.3) is 0 Å². The quantitative estimate of drug-likeness (QED) is 0.832. The lowest BCUT2D eigenvalue weighted by Gasteiger charge is -2.61. The predicted octanol–water partition coefficient (Wildman–Crippen LogP) is 3.41. The van der Waals surface area contributed by atoms with E-state index in [2.05, 4.69) is 26.2 Å². The molecular formula is C19H34N2. The molecule has 0 aromatic rings. The van der Waals surface area contributed by atoms with E-state index >= 15 is 0 Å². The molecule has 4 rings (SSSR count). The van der Waals surface area contributed by atoms with E-state index < -0.39 is 0 Å². The first kappa shape index (κ1) is 14.5. The molecule has 0 aliphatic heterocycles. The van der Waals surface area contributed by atoms with E-state index in [0.717, 1.165) is 42.1 Å². The molecule has 0 heterocycles. The van der Waals surface area contributed by atoms with Gasteiger partial charge in [-0.3, -0.25) is 0 Å². The first-order valence-corrected chi connectivity index (χ1v) is 9.48. The Morgan fingerprint density at radius 2 is 1.95 bits per heavy atom. The number of nitrogens with one attached hydrogen (secondary N) is 1. The summed E-state index contributed by atoms with van der Waals surface area (Å²) in [7, 11) is 2.09. The largest absolute Gasteiger partial charge is 0.324 e. The molecule has 0 aromatic heterocycles. The van der Waals surface area contributed by atoms with Gasteiger partial charge in [0.15, 0.2) is 0 Å². The van der Waals surface area contributed by atoms with Gasteiger partial charge in [-0.15, -0.1) is 0 Å². The molecule has 0 saturated heterocycles. The van der Waals surface area contributed by atoms with Crippen LogP contribution in [0.2, 0.25) is 0 Å². The highest BCUT2D eigenvalue weighted by Gasteiger charge is 2.71. The molecular weight excluding hydrogens is 256 g/mol. The van der Waals surface area contributed by atoms with Crippen molar-refractivity contribution in [2.45, 2.75) is 64.3 Å². The van der Waals surface area contributed by atoms with Crippen LogP contribution in [0.5, 0.6) is 0 Å². The molecule has 1 spiro atoms. The average molecular weight is 290 g/mol. The van der Waals surface area contributed by atoms with Gasteiger partial charge in [-0.2, -0.15) is 0 Å². The molecule has 4 fully saturated rings. The second-order valence-corrected chi connectivity index (χ2v) is 9.11. The van der Waals surface area contributed by atoms with Crippen LogP contribution in [0.3, 0.4) is 0 Å². The minimum atomic E-state index is 0.186. The summed E-state index contributed by atoms with van der Waals surface area (Å²) in [5.74, 6) is 5.67. The zero-order valence-electron chi connectivity index (χ0n) is 14.2. The summed E-state index contributed by atoms with van der Waals surface area (Å²) in [6.07, 6.45) is 10.1. The highest BCUT2D eigenvalue weighted by molar-refractivity contribution is 5.25. The zero-order valence-corrected chi connectivity index (χ0v) is 14.2. The maximum Gasteiger partial charge on any atom is 0.0255 e. The second-order valence-electron chi connectivity index (χ2n) is 9.11. The van der Waals surface area contributed by atoms with Crippen molar-refractivity contribution in [3.63, 3.8) is 0 Å². The molecule has 2 bridgehead atoms. The summed E-state index contributed by atoms with van der Waals surface area (Å²) >= 11 is 0. The van der Waals surface area contributed by atoms with E-state index in [-0.39, 0.29) is 5.54 Å². The Kier molecular flexibility index (Phi) is 3.25. The van der Waals surface area contributed by atoms with Crippen molar-refractivity contribution in [2.24, 2.45) is 46.7 Å². The fraction of sp³-hybridized carbons (Fsp3) is 1.00. The molecule has 8 atom stereocenters. The third-order valence-corrected chi connectivity index (χ3v) is 8.60. The fourth-order valence-electron chi connectivity index (χ4n) is 7.45. The molecule has 3 N–H and O–H groups in total. The van der Waals surface area contributed by atoms with Gasteiger partial charge in [0.2, 0.25) is 0 Å². The van der Waals surface area contributed by atoms with Gasteiger partial charge in [0, 0.05) is 5.54 Å². The highest BCUT2D eigenvalue weighted by Crippen LogP contribution is 2.73. The zero-order chi connectivity index (χ0) is 14.8. The molecule has 4 aliphatic carbocycles. The average Bonchev–Trinajstić information content (AvgIpc) is 2.96. The molecule has 8 unspecified atom stereocenters. The first-order chi connectivity index (χ1) is 10.0. The van der Waals surface area contributed by atoms with Crippen LogP contribution in [-0.4, -0.2) is 19.1 Å². The topological polar surface area (TPSA) is 38.0 Å². The van der Waals surface area contributed by atoms with Crippen molar-refractivity contribution in [1.29, 1.82) is 0 Å². The highest BCUT2D eigenvalue weighted by atomic mass is 15.0. The molecule has 0 amide bonds. The van der Waals surface area contributed by atoms with Crippen molar-refractivity contribution in [1.82, 2.24) is 5.32 Å². The predicted molar refractivity (Wildman–Crippen MR) is 87.9 cm³/mol. The number of rotatable bonds is 4. The lowest BCUT2D eigenvalue weighted by Crippen LogP contribution is -2.69. The number of hydrogen-bond donors (Lipinski definition) is 2. The molecule has 0 aromatic carbocycles. The van der Waals surface area contributed by atoms with Gasteiger partial charge in [-0.05, 0) is 93.0 Å². The van der Waals surface area contributed by atoms with Crippen LogP contribution in [0.1, 0.15) is 58.8 Å². The summed E-state index contributed by atoms with van der Waals surface area (Å²) in [6.45, 7) is 6.02. The minimum absolute atomic E-state index is 0.186. The second kappa shape index (κ2) is 4.71. The monoisotopic (exact) mass is 290 g/mol. The molecule has 2 heteroatoms.